The van der Waals surface area contributed by atoms with E-state index in [0.717, 1.165) is 26.1 Å². The molecule has 2 rings (SSSR count). The minimum absolute atomic E-state index is 0.250. The summed E-state index contributed by atoms with van der Waals surface area (Å²) in [6.45, 7) is 9.33. The van der Waals surface area contributed by atoms with Gasteiger partial charge in [0.25, 0.3) is 0 Å². The molecule has 2 unspecified atom stereocenters. The lowest BCUT2D eigenvalue weighted by Gasteiger charge is -2.52. The highest BCUT2D eigenvalue weighted by Gasteiger charge is 2.48. The molecule has 0 aromatic carbocycles. The molecule has 17 heavy (non-hydrogen) atoms. The molecule has 0 spiro atoms. The van der Waals surface area contributed by atoms with Gasteiger partial charge in [0.1, 0.15) is 0 Å². The SMILES string of the molecule is CCOC1CC(NCCn2cccn2)C1(C)C. The van der Waals surface area contributed by atoms with Crippen LogP contribution in [0.15, 0.2) is 18.5 Å². The van der Waals surface area contributed by atoms with Gasteiger partial charge in [0.05, 0.1) is 12.6 Å². The quantitative estimate of drug-likeness (QED) is 0.818. The molecule has 1 fully saturated rings. The van der Waals surface area contributed by atoms with Crippen LogP contribution in [0, 0.1) is 5.41 Å². The number of hydrogen-bond donors (Lipinski definition) is 1. The summed E-state index contributed by atoms with van der Waals surface area (Å²) in [5.74, 6) is 0. The third kappa shape index (κ3) is 2.69. The molecule has 0 saturated heterocycles. The molecule has 1 aliphatic carbocycles. The molecule has 0 aliphatic heterocycles. The molecule has 1 saturated carbocycles. The maximum atomic E-state index is 5.72. The number of ether oxygens (including phenoxy) is 1. The summed E-state index contributed by atoms with van der Waals surface area (Å²) >= 11 is 0. The van der Waals surface area contributed by atoms with Gasteiger partial charge in [-0.25, -0.2) is 0 Å². The largest absolute Gasteiger partial charge is 0.378 e. The van der Waals surface area contributed by atoms with Crippen molar-refractivity contribution in [2.75, 3.05) is 13.2 Å². The number of aromatic nitrogens is 2. The van der Waals surface area contributed by atoms with Crippen molar-refractivity contribution in [3.05, 3.63) is 18.5 Å². The van der Waals surface area contributed by atoms with E-state index in [9.17, 15) is 0 Å². The van der Waals surface area contributed by atoms with E-state index < -0.39 is 0 Å². The Morgan fingerprint density at radius 2 is 2.35 bits per heavy atom. The molecule has 1 heterocycles. The molecule has 1 aliphatic rings. The van der Waals surface area contributed by atoms with E-state index in [4.69, 9.17) is 4.74 Å². The normalized spacial score (nSPS) is 26.8. The zero-order valence-electron chi connectivity index (χ0n) is 11.0. The molecular formula is C13H23N3O. The van der Waals surface area contributed by atoms with Crippen molar-refractivity contribution >= 4 is 0 Å². The fraction of sp³-hybridized carbons (Fsp3) is 0.769. The van der Waals surface area contributed by atoms with Crippen LogP contribution in [0.25, 0.3) is 0 Å². The minimum atomic E-state index is 0.250. The first kappa shape index (κ1) is 12.6. The van der Waals surface area contributed by atoms with Gasteiger partial charge in [0, 0.05) is 37.0 Å². The average Bonchev–Trinajstić information content (AvgIpc) is 2.80. The second-order valence-corrected chi connectivity index (χ2v) is 5.28. The highest BCUT2D eigenvalue weighted by Crippen LogP contribution is 2.42. The molecule has 0 radical (unpaired) electrons. The summed E-state index contributed by atoms with van der Waals surface area (Å²) in [7, 11) is 0. The lowest BCUT2D eigenvalue weighted by molar-refractivity contribution is -0.114. The van der Waals surface area contributed by atoms with E-state index in [1.165, 1.54) is 0 Å². The summed E-state index contributed by atoms with van der Waals surface area (Å²) in [6.07, 6.45) is 5.35. The third-order valence-electron chi connectivity index (χ3n) is 3.84. The van der Waals surface area contributed by atoms with Crippen molar-refractivity contribution in [2.45, 2.75) is 45.9 Å². The Kier molecular flexibility index (Phi) is 3.84. The van der Waals surface area contributed by atoms with Crippen molar-refractivity contribution in [3.63, 3.8) is 0 Å². The lowest BCUT2D eigenvalue weighted by atomic mass is 9.64. The van der Waals surface area contributed by atoms with Crippen LogP contribution in [0.4, 0.5) is 0 Å². The standard InChI is InChI=1S/C13H23N3O/c1-4-17-12-10-11(13(12,2)3)14-7-9-16-8-5-6-15-16/h5-6,8,11-12,14H,4,7,9-10H2,1-3H3. The highest BCUT2D eigenvalue weighted by molar-refractivity contribution is 5.02. The number of rotatable bonds is 6. The highest BCUT2D eigenvalue weighted by atomic mass is 16.5. The fourth-order valence-corrected chi connectivity index (χ4v) is 2.50. The average molecular weight is 237 g/mol. The molecular weight excluding hydrogens is 214 g/mol. The first-order valence-electron chi connectivity index (χ1n) is 6.47. The van der Waals surface area contributed by atoms with Crippen LogP contribution < -0.4 is 5.32 Å². The second kappa shape index (κ2) is 5.19. The molecule has 4 nitrogen and oxygen atoms in total. The maximum absolute atomic E-state index is 5.72. The van der Waals surface area contributed by atoms with Crippen molar-refractivity contribution in [2.24, 2.45) is 5.41 Å². The van der Waals surface area contributed by atoms with E-state index >= 15 is 0 Å². The lowest BCUT2D eigenvalue weighted by Crippen LogP contribution is -2.61. The summed E-state index contributed by atoms with van der Waals surface area (Å²) in [4.78, 5) is 0. The molecule has 0 bridgehead atoms. The molecule has 1 aromatic heterocycles. The second-order valence-electron chi connectivity index (χ2n) is 5.28. The first-order valence-corrected chi connectivity index (χ1v) is 6.47. The molecule has 4 heteroatoms. The van der Waals surface area contributed by atoms with E-state index in [1.54, 1.807) is 0 Å². The Morgan fingerprint density at radius 3 is 2.94 bits per heavy atom. The Labute approximate surface area is 103 Å². The molecule has 2 atom stereocenters. The van der Waals surface area contributed by atoms with E-state index in [1.807, 2.05) is 23.1 Å². The fourth-order valence-electron chi connectivity index (χ4n) is 2.50. The number of hydrogen-bond acceptors (Lipinski definition) is 3. The Hall–Kier alpha value is -0.870. The summed E-state index contributed by atoms with van der Waals surface area (Å²) in [6, 6.07) is 2.52. The number of nitrogens with zero attached hydrogens (tertiary/aromatic N) is 2. The molecule has 1 aromatic rings. The third-order valence-corrected chi connectivity index (χ3v) is 3.84. The van der Waals surface area contributed by atoms with Gasteiger partial charge >= 0.3 is 0 Å². The van der Waals surface area contributed by atoms with Gasteiger partial charge in [-0.1, -0.05) is 13.8 Å². The predicted octanol–water partition coefficient (Wildman–Crippen LogP) is 1.68. The monoisotopic (exact) mass is 237 g/mol. The van der Waals surface area contributed by atoms with E-state index in [2.05, 4.69) is 31.2 Å². The van der Waals surface area contributed by atoms with E-state index in [-0.39, 0.29) is 5.41 Å². The number of nitrogens with one attached hydrogen (secondary N) is 1. The van der Waals surface area contributed by atoms with Gasteiger partial charge in [-0.2, -0.15) is 5.10 Å². The van der Waals surface area contributed by atoms with Crippen LogP contribution in [0.1, 0.15) is 27.2 Å². The smallest absolute Gasteiger partial charge is 0.0655 e. The van der Waals surface area contributed by atoms with E-state index in [0.29, 0.717) is 12.1 Å². The Bertz CT molecular complexity index is 334. The van der Waals surface area contributed by atoms with Gasteiger partial charge < -0.3 is 10.1 Å². The van der Waals surface area contributed by atoms with Crippen LogP contribution in [-0.2, 0) is 11.3 Å². The Morgan fingerprint density at radius 1 is 1.53 bits per heavy atom. The van der Waals surface area contributed by atoms with Crippen molar-refractivity contribution in [1.82, 2.24) is 15.1 Å². The zero-order valence-corrected chi connectivity index (χ0v) is 11.0. The van der Waals surface area contributed by atoms with Crippen molar-refractivity contribution < 1.29 is 4.74 Å². The summed E-state index contributed by atoms with van der Waals surface area (Å²) in [5, 5.41) is 7.78. The predicted molar refractivity (Wildman–Crippen MR) is 67.8 cm³/mol. The van der Waals surface area contributed by atoms with Gasteiger partial charge in [-0.3, -0.25) is 4.68 Å². The van der Waals surface area contributed by atoms with Crippen molar-refractivity contribution in [1.29, 1.82) is 0 Å². The van der Waals surface area contributed by atoms with Gasteiger partial charge in [-0.15, -0.1) is 0 Å². The Balaban J connectivity index is 1.71. The first-order chi connectivity index (χ1) is 8.14. The summed E-state index contributed by atoms with van der Waals surface area (Å²) in [5.41, 5.74) is 0.250. The van der Waals surface area contributed by atoms with Crippen LogP contribution >= 0.6 is 0 Å². The van der Waals surface area contributed by atoms with Crippen LogP contribution in [0.5, 0.6) is 0 Å². The van der Waals surface area contributed by atoms with Crippen LogP contribution in [0.3, 0.4) is 0 Å². The van der Waals surface area contributed by atoms with Crippen molar-refractivity contribution in [3.8, 4) is 0 Å². The molecule has 1 N–H and O–H groups in total. The minimum Gasteiger partial charge on any atom is -0.378 e. The van der Waals surface area contributed by atoms with Crippen LogP contribution in [-0.4, -0.2) is 35.1 Å². The summed E-state index contributed by atoms with van der Waals surface area (Å²) < 4.78 is 7.68. The molecule has 96 valence electrons. The zero-order chi connectivity index (χ0) is 12.3. The topological polar surface area (TPSA) is 39.1 Å². The van der Waals surface area contributed by atoms with Gasteiger partial charge in [0.2, 0.25) is 0 Å². The molecule has 0 amide bonds. The van der Waals surface area contributed by atoms with Gasteiger partial charge in [0.15, 0.2) is 0 Å². The van der Waals surface area contributed by atoms with Gasteiger partial charge in [-0.05, 0) is 19.4 Å². The maximum Gasteiger partial charge on any atom is 0.0655 e. The van der Waals surface area contributed by atoms with Crippen LogP contribution in [0.2, 0.25) is 0 Å².